The quantitative estimate of drug-likeness (QED) is 0.395. The Morgan fingerprint density at radius 1 is 0.735 bits per heavy atom. The Balaban J connectivity index is 1.57. The number of methoxy groups -OCH3 is 3. The first kappa shape index (κ1) is 23.8. The second-order valence-electron chi connectivity index (χ2n) is 7.84. The number of rotatable bonds is 11. The molecule has 0 amide bonds. The van der Waals surface area contributed by atoms with Crippen LogP contribution >= 0.6 is 0 Å². The maximum absolute atomic E-state index is 5.97. The minimum atomic E-state index is 0.420. The third-order valence-electron chi connectivity index (χ3n) is 5.77. The highest BCUT2D eigenvalue weighted by atomic mass is 16.5. The van der Waals surface area contributed by atoms with E-state index in [1.54, 1.807) is 27.7 Å². The molecule has 9 nitrogen and oxygen atoms in total. The first-order chi connectivity index (χ1) is 16.7. The molecule has 1 aliphatic heterocycles. The van der Waals surface area contributed by atoms with Gasteiger partial charge in [-0.05, 0) is 18.2 Å². The molecule has 1 saturated heterocycles. The summed E-state index contributed by atoms with van der Waals surface area (Å²) in [7, 11) is 5.00. The van der Waals surface area contributed by atoms with E-state index in [2.05, 4.69) is 25.8 Å². The normalized spacial score (nSPS) is 13.9. The Hall–Kier alpha value is -3.30. The summed E-state index contributed by atoms with van der Waals surface area (Å²) in [6.07, 6.45) is 1.61. The second-order valence-corrected chi connectivity index (χ2v) is 7.84. The number of anilines is 2. The predicted octanol–water partition coefficient (Wildman–Crippen LogP) is 3.02. The highest BCUT2D eigenvalue weighted by molar-refractivity contribution is 5.92. The van der Waals surface area contributed by atoms with Gasteiger partial charge in [0.05, 0.1) is 31.5 Å². The van der Waals surface area contributed by atoms with Gasteiger partial charge in [-0.15, -0.1) is 0 Å². The molecule has 182 valence electrons. The van der Waals surface area contributed by atoms with Crippen molar-refractivity contribution >= 4 is 22.4 Å². The van der Waals surface area contributed by atoms with Crippen LogP contribution in [-0.2, 0) is 9.47 Å². The molecular formula is C25H32N4O5. The first-order valence-corrected chi connectivity index (χ1v) is 11.4. The maximum Gasteiger partial charge on any atom is 0.163 e. The minimum Gasteiger partial charge on any atom is -0.495 e. The predicted molar refractivity (Wildman–Crippen MR) is 132 cm³/mol. The van der Waals surface area contributed by atoms with Crippen LogP contribution in [0.1, 0.15) is 0 Å². The van der Waals surface area contributed by atoms with Crippen molar-refractivity contribution in [3.8, 4) is 17.2 Å². The van der Waals surface area contributed by atoms with E-state index in [1.165, 1.54) is 0 Å². The Morgan fingerprint density at radius 3 is 2.06 bits per heavy atom. The summed E-state index contributed by atoms with van der Waals surface area (Å²) < 4.78 is 27.7. The summed E-state index contributed by atoms with van der Waals surface area (Å²) in [4.78, 5) is 13.8. The van der Waals surface area contributed by atoms with Crippen LogP contribution in [0.3, 0.4) is 0 Å². The lowest BCUT2D eigenvalue weighted by Crippen LogP contribution is -2.47. The third-order valence-corrected chi connectivity index (χ3v) is 5.77. The van der Waals surface area contributed by atoms with E-state index in [0.29, 0.717) is 37.9 Å². The zero-order chi connectivity index (χ0) is 23.8. The van der Waals surface area contributed by atoms with Crippen LogP contribution in [0.2, 0.25) is 0 Å². The number of aromatic nitrogens is 2. The fraction of sp³-hybridized carbons (Fsp3) is 0.440. The lowest BCUT2D eigenvalue weighted by Gasteiger charge is -2.37. The highest BCUT2D eigenvalue weighted by Crippen LogP contribution is 2.36. The maximum atomic E-state index is 5.97. The molecule has 0 unspecified atom stereocenters. The number of hydrogen-bond donors (Lipinski definition) is 0. The molecule has 0 spiro atoms. The summed E-state index contributed by atoms with van der Waals surface area (Å²) in [5.41, 5.74) is 1.92. The summed E-state index contributed by atoms with van der Waals surface area (Å²) >= 11 is 0. The van der Waals surface area contributed by atoms with Crippen molar-refractivity contribution in [2.24, 2.45) is 0 Å². The molecule has 3 aromatic rings. The summed E-state index contributed by atoms with van der Waals surface area (Å²) in [5, 5.41) is 0.930. The second kappa shape index (κ2) is 11.7. The topological polar surface area (TPSA) is 78.4 Å². The van der Waals surface area contributed by atoms with E-state index in [0.717, 1.165) is 54.3 Å². The Bertz CT molecular complexity index is 1070. The molecule has 0 atom stereocenters. The molecule has 2 heterocycles. The van der Waals surface area contributed by atoms with Crippen LogP contribution in [0, 0.1) is 0 Å². The Morgan fingerprint density at radius 2 is 1.38 bits per heavy atom. The monoisotopic (exact) mass is 468 g/mol. The standard InChI is InChI=1S/C25H32N4O5/c1-30-12-14-33-23-16-19-20(17-24(23)34-15-13-31-2)26-18-27-25(19)29-10-8-28(9-11-29)21-6-4-5-7-22(21)32-3/h4-7,16-18H,8-15H2,1-3H3. The lowest BCUT2D eigenvalue weighted by molar-refractivity contribution is 0.132. The smallest absolute Gasteiger partial charge is 0.163 e. The Labute approximate surface area is 200 Å². The lowest BCUT2D eigenvalue weighted by atomic mass is 10.1. The van der Waals surface area contributed by atoms with Crippen LogP contribution < -0.4 is 24.0 Å². The summed E-state index contributed by atoms with van der Waals surface area (Å²) in [6, 6.07) is 12.0. The molecular weight excluding hydrogens is 436 g/mol. The zero-order valence-corrected chi connectivity index (χ0v) is 20.0. The fourth-order valence-electron chi connectivity index (χ4n) is 4.05. The number of nitrogens with zero attached hydrogens (tertiary/aromatic N) is 4. The van der Waals surface area contributed by atoms with E-state index in [4.69, 9.17) is 23.7 Å². The van der Waals surface area contributed by atoms with E-state index in [-0.39, 0.29) is 0 Å². The molecule has 0 saturated carbocycles. The van der Waals surface area contributed by atoms with Crippen LogP contribution in [0.25, 0.3) is 10.9 Å². The summed E-state index contributed by atoms with van der Waals surface area (Å²) in [5.74, 6) is 3.06. The number of piperazine rings is 1. The van der Waals surface area contributed by atoms with Crippen LogP contribution in [0.15, 0.2) is 42.7 Å². The van der Waals surface area contributed by atoms with E-state index < -0.39 is 0 Å². The number of benzene rings is 2. The van der Waals surface area contributed by atoms with Gasteiger partial charge >= 0.3 is 0 Å². The minimum absolute atomic E-state index is 0.420. The largest absolute Gasteiger partial charge is 0.495 e. The van der Waals surface area contributed by atoms with Gasteiger partial charge in [0.25, 0.3) is 0 Å². The van der Waals surface area contributed by atoms with Crippen molar-refractivity contribution < 1.29 is 23.7 Å². The molecule has 0 radical (unpaired) electrons. The fourth-order valence-corrected chi connectivity index (χ4v) is 4.05. The van der Waals surface area contributed by atoms with E-state index in [9.17, 15) is 0 Å². The van der Waals surface area contributed by atoms with Crippen LogP contribution in [0.4, 0.5) is 11.5 Å². The van der Waals surface area contributed by atoms with Crippen molar-refractivity contribution in [1.29, 1.82) is 0 Å². The third kappa shape index (κ3) is 5.43. The number of ether oxygens (including phenoxy) is 5. The van der Waals surface area contributed by atoms with Crippen LogP contribution in [-0.4, -0.2) is 83.9 Å². The van der Waals surface area contributed by atoms with Crippen LogP contribution in [0.5, 0.6) is 17.2 Å². The van der Waals surface area contributed by atoms with Crippen molar-refractivity contribution in [3.63, 3.8) is 0 Å². The van der Waals surface area contributed by atoms with Crippen molar-refractivity contribution in [1.82, 2.24) is 9.97 Å². The molecule has 1 aromatic heterocycles. The Kier molecular flexibility index (Phi) is 8.21. The molecule has 1 fully saturated rings. The molecule has 1 aliphatic rings. The first-order valence-electron chi connectivity index (χ1n) is 11.4. The van der Waals surface area contributed by atoms with Gasteiger partial charge < -0.3 is 33.5 Å². The number of hydrogen-bond acceptors (Lipinski definition) is 9. The van der Waals surface area contributed by atoms with Crippen molar-refractivity contribution in [2.45, 2.75) is 0 Å². The molecule has 0 aliphatic carbocycles. The molecule has 9 heteroatoms. The van der Waals surface area contributed by atoms with Gasteiger partial charge in [-0.1, -0.05) is 12.1 Å². The highest BCUT2D eigenvalue weighted by Gasteiger charge is 2.23. The van der Waals surface area contributed by atoms with Gasteiger partial charge in [0.1, 0.15) is 31.1 Å². The zero-order valence-electron chi connectivity index (χ0n) is 20.0. The van der Waals surface area contributed by atoms with Gasteiger partial charge in [-0.3, -0.25) is 0 Å². The van der Waals surface area contributed by atoms with Gasteiger partial charge in [-0.25, -0.2) is 9.97 Å². The summed E-state index contributed by atoms with van der Waals surface area (Å²) in [6.45, 7) is 5.20. The average Bonchev–Trinajstić information content (AvgIpc) is 2.89. The molecule has 0 N–H and O–H groups in total. The molecule has 0 bridgehead atoms. The van der Waals surface area contributed by atoms with Gasteiger partial charge in [0.2, 0.25) is 0 Å². The molecule has 2 aromatic carbocycles. The van der Waals surface area contributed by atoms with Gasteiger partial charge in [0, 0.05) is 51.9 Å². The number of para-hydroxylation sites is 2. The van der Waals surface area contributed by atoms with Gasteiger partial charge in [-0.2, -0.15) is 0 Å². The van der Waals surface area contributed by atoms with E-state index >= 15 is 0 Å². The van der Waals surface area contributed by atoms with E-state index in [1.807, 2.05) is 30.3 Å². The van der Waals surface area contributed by atoms with Crippen molar-refractivity contribution in [3.05, 3.63) is 42.7 Å². The SMILES string of the molecule is COCCOc1cc2ncnc(N3CCN(c4ccccc4OC)CC3)c2cc1OCCOC. The molecule has 4 rings (SSSR count). The molecule has 34 heavy (non-hydrogen) atoms. The van der Waals surface area contributed by atoms with Gasteiger partial charge in [0.15, 0.2) is 11.5 Å². The average molecular weight is 469 g/mol. The van der Waals surface area contributed by atoms with Crippen molar-refractivity contribution in [2.75, 3.05) is 83.7 Å². The number of fused-ring (bicyclic) bond motifs is 1.